The highest BCUT2D eigenvalue weighted by Crippen LogP contribution is 2.30. The highest BCUT2D eigenvalue weighted by molar-refractivity contribution is 5.69. The molecule has 0 spiro atoms. The number of likely N-dealkylation sites (N-methyl/N-ethyl adjacent to an activating group) is 1. The zero-order valence-electron chi connectivity index (χ0n) is 15.4. The third-order valence-corrected chi connectivity index (χ3v) is 4.61. The lowest BCUT2D eigenvalue weighted by molar-refractivity contribution is -0.138. The summed E-state index contributed by atoms with van der Waals surface area (Å²) in [5, 5.41) is 8.88. The molecule has 3 rings (SSSR count). The number of hydrogen-bond donors (Lipinski definition) is 1. The molecule has 0 radical (unpaired) electrons. The fourth-order valence-corrected chi connectivity index (χ4v) is 3.39. The fraction of sp³-hybridized carbons (Fsp3) is 0.632. The highest BCUT2D eigenvalue weighted by atomic mass is 16.5. The van der Waals surface area contributed by atoms with Crippen LogP contribution in [-0.4, -0.2) is 80.0 Å². The number of rotatable bonds is 6. The Labute approximate surface area is 154 Å². The second-order valence-electron chi connectivity index (χ2n) is 7.00. The van der Waals surface area contributed by atoms with Crippen LogP contribution in [0.4, 0.5) is 0 Å². The number of ether oxygens (including phenoxy) is 3. The van der Waals surface area contributed by atoms with Crippen molar-refractivity contribution in [3.8, 4) is 11.5 Å². The second-order valence-corrected chi connectivity index (χ2v) is 7.00. The van der Waals surface area contributed by atoms with Crippen LogP contribution in [0.15, 0.2) is 18.2 Å². The van der Waals surface area contributed by atoms with Gasteiger partial charge in [0.15, 0.2) is 11.5 Å². The Morgan fingerprint density at radius 1 is 1.23 bits per heavy atom. The van der Waals surface area contributed by atoms with Gasteiger partial charge < -0.3 is 19.3 Å². The Hall–Kier alpha value is -1.83. The number of carboxylic acid groups (broad SMARTS) is 1. The summed E-state index contributed by atoms with van der Waals surface area (Å²) >= 11 is 0. The largest absolute Gasteiger partial charge is 0.490 e. The van der Waals surface area contributed by atoms with Crippen molar-refractivity contribution in [2.75, 3.05) is 53.0 Å². The maximum Gasteiger partial charge on any atom is 0.317 e. The molecule has 7 nitrogen and oxygen atoms in total. The number of carboxylic acids is 1. The van der Waals surface area contributed by atoms with Crippen molar-refractivity contribution < 1.29 is 24.1 Å². The monoisotopic (exact) mass is 364 g/mol. The molecule has 0 saturated carbocycles. The first-order chi connectivity index (χ1) is 12.6. The molecule has 1 aromatic rings. The zero-order chi connectivity index (χ0) is 18.4. The van der Waals surface area contributed by atoms with Gasteiger partial charge in [-0.05, 0) is 37.6 Å². The first-order valence-corrected chi connectivity index (χ1v) is 9.23. The quantitative estimate of drug-likeness (QED) is 0.819. The molecule has 1 aromatic carbocycles. The Kier molecular flexibility index (Phi) is 6.71. The van der Waals surface area contributed by atoms with Gasteiger partial charge in [0.1, 0.15) is 0 Å². The number of benzene rings is 1. The van der Waals surface area contributed by atoms with Crippen molar-refractivity contribution in [3.63, 3.8) is 0 Å². The number of fused-ring (bicyclic) bond motifs is 1. The Bertz CT molecular complexity index is 610. The van der Waals surface area contributed by atoms with Crippen LogP contribution in [0.5, 0.6) is 11.5 Å². The first-order valence-electron chi connectivity index (χ1n) is 9.23. The van der Waals surface area contributed by atoms with Crippen LogP contribution < -0.4 is 9.47 Å². The van der Waals surface area contributed by atoms with E-state index in [-0.39, 0.29) is 12.6 Å². The predicted octanol–water partition coefficient (Wildman–Crippen LogP) is 1.46. The van der Waals surface area contributed by atoms with Gasteiger partial charge >= 0.3 is 5.97 Å². The Balaban J connectivity index is 1.56. The summed E-state index contributed by atoms with van der Waals surface area (Å²) < 4.78 is 17.4. The van der Waals surface area contributed by atoms with Crippen LogP contribution in [0.1, 0.15) is 18.4 Å². The molecular formula is C19H28N2O5. The van der Waals surface area contributed by atoms with E-state index in [1.165, 1.54) is 5.56 Å². The predicted molar refractivity (Wildman–Crippen MR) is 96.8 cm³/mol. The van der Waals surface area contributed by atoms with Gasteiger partial charge in [-0.15, -0.1) is 0 Å². The smallest absolute Gasteiger partial charge is 0.317 e. The van der Waals surface area contributed by atoms with Gasteiger partial charge in [0.2, 0.25) is 0 Å². The Morgan fingerprint density at radius 3 is 2.77 bits per heavy atom. The van der Waals surface area contributed by atoms with Crippen molar-refractivity contribution in [2.45, 2.75) is 25.5 Å². The van der Waals surface area contributed by atoms with Crippen LogP contribution in [0, 0.1) is 0 Å². The van der Waals surface area contributed by atoms with E-state index >= 15 is 0 Å². The molecule has 1 saturated heterocycles. The van der Waals surface area contributed by atoms with Crippen molar-refractivity contribution >= 4 is 5.97 Å². The molecule has 7 heteroatoms. The molecule has 2 heterocycles. The fourth-order valence-electron chi connectivity index (χ4n) is 3.39. The molecule has 1 atom stereocenters. The topological polar surface area (TPSA) is 71.5 Å². The van der Waals surface area contributed by atoms with Gasteiger partial charge in [0.25, 0.3) is 0 Å². The summed E-state index contributed by atoms with van der Waals surface area (Å²) in [6.45, 7) is 5.26. The zero-order valence-corrected chi connectivity index (χ0v) is 15.4. The summed E-state index contributed by atoms with van der Waals surface area (Å²) in [4.78, 5) is 14.9. The number of morpholine rings is 1. The molecule has 144 valence electrons. The SMILES string of the molecule is CN(CC(=O)O)CC1CN(Cc2ccc3c(c2)OCCCCO3)CCO1. The number of hydrogen-bond acceptors (Lipinski definition) is 6. The number of aliphatic carboxylic acids is 1. The van der Waals surface area contributed by atoms with Crippen LogP contribution in [0.3, 0.4) is 0 Å². The molecule has 1 fully saturated rings. The third kappa shape index (κ3) is 5.59. The summed E-state index contributed by atoms with van der Waals surface area (Å²) in [5.74, 6) is 0.833. The Morgan fingerprint density at radius 2 is 2.00 bits per heavy atom. The minimum Gasteiger partial charge on any atom is -0.490 e. The van der Waals surface area contributed by atoms with Crippen molar-refractivity contribution in [3.05, 3.63) is 23.8 Å². The van der Waals surface area contributed by atoms with Gasteiger partial charge in [-0.3, -0.25) is 14.6 Å². The van der Waals surface area contributed by atoms with E-state index in [0.29, 0.717) is 13.2 Å². The van der Waals surface area contributed by atoms with E-state index in [0.717, 1.165) is 57.2 Å². The summed E-state index contributed by atoms with van der Waals surface area (Å²) in [6.07, 6.45) is 2.06. The molecule has 26 heavy (non-hydrogen) atoms. The minimum atomic E-state index is -0.817. The van der Waals surface area contributed by atoms with Crippen molar-refractivity contribution in [2.24, 2.45) is 0 Å². The number of nitrogens with zero attached hydrogens (tertiary/aromatic N) is 2. The van der Waals surface area contributed by atoms with E-state index in [4.69, 9.17) is 19.3 Å². The maximum atomic E-state index is 10.8. The maximum absolute atomic E-state index is 10.8. The molecule has 0 aromatic heterocycles. The molecule has 2 aliphatic rings. The minimum absolute atomic E-state index is 0.0250. The summed E-state index contributed by atoms with van der Waals surface area (Å²) in [7, 11) is 1.81. The van der Waals surface area contributed by atoms with Gasteiger partial charge in [-0.1, -0.05) is 6.07 Å². The average molecular weight is 364 g/mol. The van der Waals surface area contributed by atoms with E-state index in [9.17, 15) is 4.79 Å². The first kappa shape index (κ1) is 18.9. The van der Waals surface area contributed by atoms with Crippen LogP contribution in [0.2, 0.25) is 0 Å². The van der Waals surface area contributed by atoms with Gasteiger partial charge in [0.05, 0.1) is 32.5 Å². The lowest BCUT2D eigenvalue weighted by Gasteiger charge is -2.34. The molecule has 1 N–H and O–H groups in total. The van der Waals surface area contributed by atoms with E-state index in [2.05, 4.69) is 17.0 Å². The summed E-state index contributed by atoms with van der Waals surface area (Å²) in [5.41, 5.74) is 1.19. The normalized spacial score (nSPS) is 21.2. The standard InChI is InChI=1S/C19H28N2O5/c1-20(14-19(22)23)12-16-13-21(6-9-24-16)11-15-4-5-17-18(10-15)26-8-3-2-7-25-17/h4-5,10,16H,2-3,6-9,11-14H2,1H3,(H,22,23). The average Bonchev–Trinajstić information content (AvgIpc) is 2.55. The highest BCUT2D eigenvalue weighted by Gasteiger charge is 2.23. The molecule has 0 aliphatic carbocycles. The van der Waals surface area contributed by atoms with Crippen molar-refractivity contribution in [1.82, 2.24) is 9.80 Å². The van der Waals surface area contributed by atoms with Crippen LogP contribution in [0.25, 0.3) is 0 Å². The van der Waals surface area contributed by atoms with E-state index in [1.54, 1.807) is 4.90 Å². The molecule has 2 aliphatic heterocycles. The molecule has 0 bridgehead atoms. The van der Waals surface area contributed by atoms with Gasteiger partial charge in [-0.25, -0.2) is 0 Å². The summed E-state index contributed by atoms with van der Waals surface area (Å²) in [6, 6.07) is 6.15. The van der Waals surface area contributed by atoms with Crippen LogP contribution in [-0.2, 0) is 16.1 Å². The lowest BCUT2D eigenvalue weighted by atomic mass is 10.1. The molecular weight excluding hydrogens is 336 g/mol. The van der Waals surface area contributed by atoms with Crippen molar-refractivity contribution in [1.29, 1.82) is 0 Å². The number of carbonyl (C=O) groups is 1. The third-order valence-electron chi connectivity index (χ3n) is 4.61. The van der Waals surface area contributed by atoms with Gasteiger partial charge in [-0.2, -0.15) is 0 Å². The molecule has 1 unspecified atom stereocenters. The van der Waals surface area contributed by atoms with E-state index < -0.39 is 5.97 Å². The lowest BCUT2D eigenvalue weighted by Crippen LogP contribution is -2.47. The molecule has 0 amide bonds. The van der Waals surface area contributed by atoms with Crippen LogP contribution >= 0.6 is 0 Å². The van der Waals surface area contributed by atoms with E-state index in [1.807, 2.05) is 13.1 Å². The van der Waals surface area contributed by atoms with Gasteiger partial charge in [0, 0.05) is 26.2 Å². The second kappa shape index (κ2) is 9.21.